The van der Waals surface area contributed by atoms with E-state index < -0.39 is 0 Å². The lowest BCUT2D eigenvalue weighted by Gasteiger charge is -2.32. The van der Waals surface area contributed by atoms with Crippen LogP contribution in [0.2, 0.25) is 0 Å². The minimum absolute atomic E-state index is 0.0481. The van der Waals surface area contributed by atoms with Gasteiger partial charge in [-0.2, -0.15) is 5.10 Å². The fourth-order valence-corrected chi connectivity index (χ4v) is 2.62. The van der Waals surface area contributed by atoms with Crippen molar-refractivity contribution in [1.82, 2.24) is 40.3 Å². The zero-order valence-electron chi connectivity index (χ0n) is 12.1. The van der Waals surface area contributed by atoms with Crippen LogP contribution in [-0.4, -0.2) is 59.3 Å². The van der Waals surface area contributed by atoms with Crippen molar-refractivity contribution in [3.63, 3.8) is 0 Å². The van der Waals surface area contributed by atoms with Crippen molar-refractivity contribution in [2.24, 2.45) is 0 Å². The van der Waals surface area contributed by atoms with Gasteiger partial charge in [-0.3, -0.25) is 9.89 Å². The van der Waals surface area contributed by atoms with Crippen molar-refractivity contribution in [3.8, 4) is 0 Å². The second-order valence-electron chi connectivity index (χ2n) is 5.34. The molecule has 1 atom stereocenters. The highest BCUT2D eigenvalue weighted by Gasteiger charge is 2.29. The molecule has 112 valence electrons. The quantitative estimate of drug-likeness (QED) is 0.857. The molecular formula is C12H18N8O. The van der Waals surface area contributed by atoms with Crippen LogP contribution in [0, 0.1) is 6.92 Å². The number of likely N-dealkylation sites (tertiary alicyclic amines) is 1. The summed E-state index contributed by atoms with van der Waals surface area (Å²) in [6.07, 6.45) is 3.22. The van der Waals surface area contributed by atoms with E-state index in [9.17, 15) is 4.79 Å². The molecule has 21 heavy (non-hydrogen) atoms. The number of hydrogen-bond donors (Lipinski definition) is 1. The lowest BCUT2D eigenvalue weighted by molar-refractivity contribution is -0.135. The van der Waals surface area contributed by atoms with Crippen LogP contribution in [0.25, 0.3) is 0 Å². The molecule has 0 aromatic carbocycles. The first-order valence-electron chi connectivity index (χ1n) is 7.05. The summed E-state index contributed by atoms with van der Waals surface area (Å²) in [6.45, 7) is 5.12. The minimum Gasteiger partial charge on any atom is -0.341 e. The maximum atomic E-state index is 12.4. The Kier molecular flexibility index (Phi) is 3.63. The van der Waals surface area contributed by atoms with Gasteiger partial charge < -0.3 is 4.90 Å². The van der Waals surface area contributed by atoms with Crippen molar-refractivity contribution in [1.29, 1.82) is 0 Å². The van der Waals surface area contributed by atoms with E-state index in [-0.39, 0.29) is 11.9 Å². The number of aromatic nitrogens is 7. The van der Waals surface area contributed by atoms with Gasteiger partial charge in [-0.05, 0) is 37.1 Å². The molecule has 0 unspecified atom stereocenters. The number of carbonyl (C=O) groups excluding carboxylic acids is 1. The first kappa shape index (κ1) is 13.7. The lowest BCUT2D eigenvalue weighted by Crippen LogP contribution is -2.41. The van der Waals surface area contributed by atoms with Crippen molar-refractivity contribution in [2.45, 2.75) is 38.6 Å². The van der Waals surface area contributed by atoms with E-state index in [0.29, 0.717) is 19.0 Å². The normalized spacial score (nSPS) is 17.9. The molecule has 2 aromatic heterocycles. The largest absolute Gasteiger partial charge is 0.341 e. The molecule has 1 amide bonds. The number of carbonyl (C=O) groups is 1. The summed E-state index contributed by atoms with van der Waals surface area (Å²) >= 11 is 0. The molecule has 1 aliphatic heterocycles. The van der Waals surface area contributed by atoms with Crippen molar-refractivity contribution >= 4 is 5.91 Å². The van der Waals surface area contributed by atoms with E-state index in [2.05, 4.69) is 30.7 Å². The Balaban J connectivity index is 1.59. The van der Waals surface area contributed by atoms with Crippen molar-refractivity contribution < 1.29 is 4.79 Å². The summed E-state index contributed by atoms with van der Waals surface area (Å²) < 4.78 is 1.48. The molecule has 0 radical (unpaired) electrons. The summed E-state index contributed by atoms with van der Waals surface area (Å²) in [5.74, 6) is 2.05. The second kappa shape index (κ2) is 5.58. The van der Waals surface area contributed by atoms with E-state index >= 15 is 0 Å². The van der Waals surface area contributed by atoms with Gasteiger partial charge in [0.25, 0.3) is 0 Å². The third-order valence-electron chi connectivity index (χ3n) is 3.91. The van der Waals surface area contributed by atoms with Crippen LogP contribution >= 0.6 is 0 Å². The molecule has 1 saturated heterocycles. The molecule has 0 aliphatic carbocycles. The monoisotopic (exact) mass is 290 g/mol. The molecule has 9 heteroatoms. The molecular weight excluding hydrogens is 272 g/mol. The highest BCUT2D eigenvalue weighted by Crippen LogP contribution is 2.26. The van der Waals surface area contributed by atoms with Gasteiger partial charge in [-0.25, -0.2) is 9.67 Å². The smallest absolute Gasteiger partial charge is 0.247 e. The van der Waals surface area contributed by atoms with Gasteiger partial charge in [0.1, 0.15) is 18.2 Å². The second-order valence-corrected chi connectivity index (χ2v) is 5.34. The summed E-state index contributed by atoms with van der Waals surface area (Å²) in [7, 11) is 0. The van der Waals surface area contributed by atoms with E-state index in [1.807, 2.05) is 18.7 Å². The lowest BCUT2D eigenvalue weighted by atomic mass is 9.96. The van der Waals surface area contributed by atoms with Crippen LogP contribution < -0.4 is 0 Å². The molecule has 1 fully saturated rings. The van der Waals surface area contributed by atoms with E-state index in [1.54, 1.807) is 0 Å². The van der Waals surface area contributed by atoms with Gasteiger partial charge in [0.15, 0.2) is 5.82 Å². The van der Waals surface area contributed by atoms with Gasteiger partial charge in [0.2, 0.25) is 5.91 Å². The number of rotatable bonds is 3. The van der Waals surface area contributed by atoms with E-state index in [0.717, 1.165) is 24.5 Å². The number of tetrazole rings is 1. The number of nitrogens with zero attached hydrogens (tertiary/aromatic N) is 7. The molecule has 0 spiro atoms. The number of hydrogen-bond acceptors (Lipinski definition) is 6. The number of amides is 1. The van der Waals surface area contributed by atoms with Gasteiger partial charge >= 0.3 is 0 Å². The maximum absolute atomic E-state index is 12.4. The Hall–Kier alpha value is -2.32. The van der Waals surface area contributed by atoms with Gasteiger partial charge in [0, 0.05) is 19.0 Å². The number of aryl methyl sites for hydroxylation is 1. The zero-order chi connectivity index (χ0) is 14.8. The molecule has 3 heterocycles. The Bertz CT molecular complexity index is 599. The average molecular weight is 290 g/mol. The van der Waals surface area contributed by atoms with E-state index in [1.165, 1.54) is 11.0 Å². The van der Waals surface area contributed by atoms with Gasteiger partial charge in [0.05, 0.1) is 0 Å². The van der Waals surface area contributed by atoms with Crippen LogP contribution in [0.1, 0.15) is 43.4 Å². The third kappa shape index (κ3) is 2.76. The third-order valence-corrected chi connectivity index (χ3v) is 3.91. The van der Waals surface area contributed by atoms with Crippen LogP contribution in [0.4, 0.5) is 0 Å². The molecule has 3 rings (SSSR count). The summed E-state index contributed by atoms with van der Waals surface area (Å²) in [5, 5.41) is 18.0. The topological polar surface area (TPSA) is 105 Å². The zero-order valence-corrected chi connectivity index (χ0v) is 12.1. The Morgan fingerprint density at radius 2 is 2.19 bits per heavy atom. The number of piperidine rings is 1. The van der Waals surface area contributed by atoms with Crippen LogP contribution in [0.3, 0.4) is 0 Å². The van der Waals surface area contributed by atoms with Gasteiger partial charge in [-0.15, -0.1) is 5.10 Å². The predicted molar refractivity (Wildman–Crippen MR) is 72.2 cm³/mol. The molecule has 1 N–H and O–H groups in total. The maximum Gasteiger partial charge on any atom is 0.247 e. The highest BCUT2D eigenvalue weighted by molar-refractivity contribution is 5.80. The summed E-state index contributed by atoms with van der Waals surface area (Å²) in [4.78, 5) is 18.7. The Morgan fingerprint density at radius 3 is 2.76 bits per heavy atom. The van der Waals surface area contributed by atoms with Gasteiger partial charge in [-0.1, -0.05) is 0 Å². The number of aromatic amines is 1. The predicted octanol–water partition coefficient (Wildman–Crippen LogP) is 0.0668. The first-order valence-corrected chi connectivity index (χ1v) is 7.05. The van der Waals surface area contributed by atoms with Crippen LogP contribution in [-0.2, 0) is 4.79 Å². The fourth-order valence-electron chi connectivity index (χ4n) is 2.62. The van der Waals surface area contributed by atoms with Crippen LogP contribution in [0.15, 0.2) is 6.33 Å². The Morgan fingerprint density at radius 1 is 1.43 bits per heavy atom. The SMILES string of the molecule is Cc1nc(C2CCN(C(=O)[C@H](C)n3cnnn3)CC2)n[nH]1. The van der Waals surface area contributed by atoms with E-state index in [4.69, 9.17) is 0 Å². The average Bonchev–Trinajstić information content (AvgIpc) is 3.17. The highest BCUT2D eigenvalue weighted by atomic mass is 16.2. The Labute approximate surface area is 121 Å². The molecule has 2 aromatic rings. The minimum atomic E-state index is -0.373. The summed E-state index contributed by atoms with van der Waals surface area (Å²) in [6, 6.07) is -0.373. The van der Waals surface area contributed by atoms with Crippen LogP contribution in [0.5, 0.6) is 0 Å². The summed E-state index contributed by atoms with van der Waals surface area (Å²) in [5.41, 5.74) is 0. The standard InChI is InChI=1S/C12H18N8O/c1-8(20-7-13-17-18-20)12(21)19-5-3-10(4-6-19)11-14-9(2)15-16-11/h7-8,10H,3-6H2,1-2H3,(H,14,15,16)/t8-/m0/s1. The fraction of sp³-hybridized carbons (Fsp3) is 0.667. The van der Waals surface area contributed by atoms with Crippen molar-refractivity contribution in [2.75, 3.05) is 13.1 Å². The molecule has 9 nitrogen and oxygen atoms in total. The number of H-pyrrole nitrogens is 1. The van der Waals surface area contributed by atoms with Crippen molar-refractivity contribution in [3.05, 3.63) is 18.0 Å². The molecule has 0 saturated carbocycles. The number of nitrogens with one attached hydrogen (secondary N) is 1. The first-order chi connectivity index (χ1) is 10.1. The molecule has 0 bridgehead atoms. The molecule has 1 aliphatic rings.